The van der Waals surface area contributed by atoms with Crippen LogP contribution in [-0.2, 0) is 16.1 Å². The van der Waals surface area contributed by atoms with E-state index in [2.05, 4.69) is 15.5 Å². The number of hydrogen-bond acceptors (Lipinski definition) is 9. The Morgan fingerprint density at radius 3 is 2.88 bits per heavy atom. The van der Waals surface area contributed by atoms with E-state index in [0.29, 0.717) is 11.3 Å². The number of halogens is 1. The summed E-state index contributed by atoms with van der Waals surface area (Å²) in [6.45, 7) is 1.49. The summed E-state index contributed by atoms with van der Waals surface area (Å²) in [6.07, 6.45) is 1.23. The number of aromatic nitrogens is 1. The number of nitro groups is 1. The van der Waals surface area contributed by atoms with Gasteiger partial charge >= 0.3 is 0 Å². The van der Waals surface area contributed by atoms with Crippen LogP contribution in [0.5, 0.6) is 5.88 Å². The molecular weight excluding hydrogens is 466 g/mol. The fraction of sp³-hybridized carbons (Fsp3) is 0.182. The molecule has 0 radical (unpaired) electrons. The molecule has 1 N–H and O–H groups in total. The van der Waals surface area contributed by atoms with Crippen LogP contribution in [0.25, 0.3) is 11.3 Å². The van der Waals surface area contributed by atoms with E-state index in [9.17, 15) is 20.2 Å². The smallest absolute Gasteiger partial charge is 0.281 e. The summed E-state index contributed by atoms with van der Waals surface area (Å²) < 4.78 is 16.0. The number of amides is 1. The van der Waals surface area contributed by atoms with Gasteiger partial charge in [0.05, 0.1) is 23.3 Å². The van der Waals surface area contributed by atoms with Gasteiger partial charge in [0.15, 0.2) is 6.61 Å². The summed E-state index contributed by atoms with van der Waals surface area (Å²) in [7, 11) is 1.50. The number of benzene rings is 1. The van der Waals surface area contributed by atoms with E-state index in [0.717, 1.165) is 0 Å². The van der Waals surface area contributed by atoms with Crippen molar-refractivity contribution >= 4 is 29.4 Å². The predicted molar refractivity (Wildman–Crippen MR) is 121 cm³/mol. The second-order valence-corrected chi connectivity index (χ2v) is 7.29. The van der Waals surface area contributed by atoms with Crippen molar-refractivity contribution < 1.29 is 23.6 Å². The fourth-order valence-electron chi connectivity index (χ4n) is 2.97. The molecule has 1 amide bonds. The number of nitrogens with zero attached hydrogens (tertiary/aromatic N) is 4. The van der Waals surface area contributed by atoms with Gasteiger partial charge in [-0.2, -0.15) is 10.4 Å². The van der Waals surface area contributed by atoms with Gasteiger partial charge in [-0.25, -0.2) is 10.4 Å². The molecule has 0 unspecified atom stereocenters. The van der Waals surface area contributed by atoms with Gasteiger partial charge in [-0.15, -0.1) is 0 Å². The molecule has 0 atom stereocenters. The number of hydrazone groups is 1. The average Bonchev–Trinajstić information content (AvgIpc) is 3.26. The second-order valence-electron chi connectivity index (χ2n) is 6.85. The highest BCUT2D eigenvalue weighted by molar-refractivity contribution is 6.30. The van der Waals surface area contributed by atoms with Crippen molar-refractivity contribution in [3.05, 3.63) is 74.1 Å². The Labute approximate surface area is 198 Å². The molecule has 3 rings (SSSR count). The van der Waals surface area contributed by atoms with E-state index in [1.807, 2.05) is 6.07 Å². The summed E-state index contributed by atoms with van der Waals surface area (Å²) in [5.41, 5.74) is 3.70. The number of nitrogens with one attached hydrogen (secondary N) is 1. The highest BCUT2D eigenvalue weighted by Gasteiger charge is 2.18. The molecule has 12 heteroatoms. The number of carbonyl (C=O) groups is 1. The van der Waals surface area contributed by atoms with Gasteiger partial charge in [-0.05, 0) is 37.3 Å². The molecular formula is C22H18ClN5O6. The number of hydrogen-bond donors (Lipinski definition) is 1. The maximum absolute atomic E-state index is 12.1. The molecule has 0 aliphatic carbocycles. The Bertz CT molecular complexity index is 1300. The predicted octanol–water partition coefficient (Wildman–Crippen LogP) is 3.76. The molecule has 0 fully saturated rings. The summed E-state index contributed by atoms with van der Waals surface area (Å²) >= 11 is 5.83. The SMILES string of the molecule is COCc1cc(C)nc(OCC(=O)N/N=C/c2ccc(-c3ccc(Cl)cc3[N+](=O)[O-])o2)c1C#N. The van der Waals surface area contributed by atoms with Crippen LogP contribution in [0.1, 0.15) is 22.6 Å². The van der Waals surface area contributed by atoms with Crippen LogP contribution in [0.15, 0.2) is 45.9 Å². The summed E-state index contributed by atoms with van der Waals surface area (Å²) in [5.74, 6) is -0.0940. The van der Waals surface area contributed by atoms with Crippen LogP contribution < -0.4 is 10.2 Å². The third-order valence-electron chi connectivity index (χ3n) is 4.38. The Morgan fingerprint density at radius 2 is 2.18 bits per heavy atom. The van der Waals surface area contributed by atoms with Gasteiger partial charge in [-0.3, -0.25) is 14.9 Å². The zero-order chi connectivity index (χ0) is 24.7. The minimum atomic E-state index is -0.600. The standard InChI is InChI=1S/C22H18ClN5O6/c1-13-7-14(11-32-2)18(9-24)22(26-13)33-12-21(29)27-25-10-16-4-6-20(34-16)17-5-3-15(23)8-19(17)28(30)31/h3-8,10H,11-12H2,1-2H3,(H,27,29)/b25-10+. The van der Waals surface area contributed by atoms with Crippen molar-refractivity contribution in [3.63, 3.8) is 0 Å². The lowest BCUT2D eigenvalue weighted by molar-refractivity contribution is -0.384. The fourth-order valence-corrected chi connectivity index (χ4v) is 3.14. The van der Waals surface area contributed by atoms with Gasteiger partial charge in [0.1, 0.15) is 23.2 Å². The first-order valence-corrected chi connectivity index (χ1v) is 10.1. The third kappa shape index (κ3) is 5.94. The molecule has 0 bridgehead atoms. The summed E-state index contributed by atoms with van der Waals surface area (Å²) in [4.78, 5) is 26.9. The average molecular weight is 484 g/mol. The Hall–Kier alpha value is -4.27. The van der Waals surface area contributed by atoms with Gasteiger partial charge in [0, 0.05) is 29.5 Å². The molecule has 3 aromatic rings. The van der Waals surface area contributed by atoms with E-state index in [1.54, 1.807) is 13.0 Å². The maximum atomic E-state index is 12.1. The number of carbonyl (C=O) groups excluding carboxylic acids is 1. The number of ether oxygens (including phenoxy) is 2. The number of nitriles is 1. The van der Waals surface area contributed by atoms with E-state index < -0.39 is 17.4 Å². The van der Waals surface area contributed by atoms with E-state index in [1.165, 1.54) is 43.7 Å². The van der Waals surface area contributed by atoms with E-state index >= 15 is 0 Å². The van der Waals surface area contributed by atoms with Crippen molar-refractivity contribution in [2.75, 3.05) is 13.7 Å². The van der Waals surface area contributed by atoms with E-state index in [4.69, 9.17) is 25.5 Å². The minimum Gasteiger partial charge on any atom is -0.467 e. The molecule has 0 saturated heterocycles. The molecule has 0 spiro atoms. The molecule has 11 nitrogen and oxygen atoms in total. The zero-order valence-electron chi connectivity index (χ0n) is 18.1. The largest absolute Gasteiger partial charge is 0.467 e. The topological polar surface area (TPSA) is 153 Å². The summed E-state index contributed by atoms with van der Waals surface area (Å²) in [6, 6.07) is 11.0. The van der Waals surface area contributed by atoms with Gasteiger partial charge in [-0.1, -0.05) is 11.6 Å². The van der Waals surface area contributed by atoms with Crippen LogP contribution in [0.4, 0.5) is 5.69 Å². The number of rotatable bonds is 9. The maximum Gasteiger partial charge on any atom is 0.281 e. The van der Waals surface area contributed by atoms with Crippen molar-refractivity contribution in [2.45, 2.75) is 13.5 Å². The van der Waals surface area contributed by atoms with Crippen molar-refractivity contribution in [1.29, 1.82) is 5.26 Å². The molecule has 1 aromatic carbocycles. The van der Waals surface area contributed by atoms with Crippen molar-refractivity contribution in [1.82, 2.24) is 10.4 Å². The number of nitro benzene ring substituents is 1. The van der Waals surface area contributed by atoms with Gasteiger partial charge in [0.25, 0.3) is 11.6 Å². The minimum absolute atomic E-state index is 0.0221. The van der Waals surface area contributed by atoms with E-state index in [-0.39, 0.29) is 45.8 Å². The lowest BCUT2D eigenvalue weighted by atomic mass is 10.1. The third-order valence-corrected chi connectivity index (χ3v) is 4.61. The quantitative estimate of drug-likeness (QED) is 0.274. The van der Waals surface area contributed by atoms with Crippen LogP contribution in [0.2, 0.25) is 5.02 Å². The first kappa shape index (κ1) is 24.4. The molecule has 2 heterocycles. The Kier molecular flexibility index (Phi) is 7.92. The monoisotopic (exact) mass is 483 g/mol. The van der Waals surface area contributed by atoms with Gasteiger partial charge in [0.2, 0.25) is 5.88 Å². The molecule has 174 valence electrons. The van der Waals surface area contributed by atoms with Gasteiger partial charge < -0.3 is 13.9 Å². The molecule has 0 aliphatic heterocycles. The molecule has 0 aliphatic rings. The Morgan fingerprint density at radius 1 is 1.38 bits per heavy atom. The lowest BCUT2D eigenvalue weighted by Gasteiger charge is -2.10. The molecule has 2 aromatic heterocycles. The number of pyridine rings is 1. The number of aryl methyl sites for hydroxylation is 1. The Balaban J connectivity index is 1.63. The highest BCUT2D eigenvalue weighted by atomic mass is 35.5. The first-order chi connectivity index (χ1) is 16.3. The number of furan rings is 1. The molecule has 0 saturated carbocycles. The van der Waals surface area contributed by atoms with Crippen LogP contribution >= 0.6 is 11.6 Å². The van der Waals surface area contributed by atoms with Crippen LogP contribution in [0, 0.1) is 28.4 Å². The van der Waals surface area contributed by atoms with Crippen molar-refractivity contribution in [2.24, 2.45) is 5.10 Å². The highest BCUT2D eigenvalue weighted by Crippen LogP contribution is 2.33. The van der Waals surface area contributed by atoms with Crippen LogP contribution in [0.3, 0.4) is 0 Å². The first-order valence-electron chi connectivity index (χ1n) is 9.70. The van der Waals surface area contributed by atoms with Crippen molar-refractivity contribution in [3.8, 4) is 23.3 Å². The lowest BCUT2D eigenvalue weighted by Crippen LogP contribution is -2.25. The second kappa shape index (κ2) is 11.0. The zero-order valence-corrected chi connectivity index (χ0v) is 18.8. The molecule has 34 heavy (non-hydrogen) atoms. The summed E-state index contributed by atoms with van der Waals surface area (Å²) in [5, 5.41) is 24.7. The van der Waals surface area contributed by atoms with Crippen LogP contribution in [-0.4, -0.2) is 35.7 Å². The normalized spacial score (nSPS) is 10.8. The number of methoxy groups -OCH3 is 1.